The SMILES string of the molecule is COCc1c(C(=O)N[C@@H]2CCN(Cc3ccccc3)C2)sc2cccc(F)c12. The van der Waals surface area contributed by atoms with Gasteiger partial charge < -0.3 is 10.1 Å². The molecular formula is C22H23FN2O2S. The van der Waals surface area contributed by atoms with Crippen LogP contribution >= 0.6 is 11.3 Å². The lowest BCUT2D eigenvalue weighted by atomic mass is 10.1. The van der Waals surface area contributed by atoms with E-state index >= 15 is 0 Å². The van der Waals surface area contributed by atoms with Gasteiger partial charge in [0.05, 0.1) is 11.5 Å². The summed E-state index contributed by atoms with van der Waals surface area (Å²) in [6, 6.07) is 15.4. The Morgan fingerprint density at radius 3 is 2.86 bits per heavy atom. The quantitative estimate of drug-likeness (QED) is 0.677. The topological polar surface area (TPSA) is 41.6 Å². The number of rotatable bonds is 6. The van der Waals surface area contributed by atoms with Gasteiger partial charge >= 0.3 is 0 Å². The van der Waals surface area contributed by atoms with Crippen molar-refractivity contribution >= 4 is 27.3 Å². The van der Waals surface area contributed by atoms with Crippen LogP contribution < -0.4 is 5.32 Å². The Hall–Kier alpha value is -2.28. The van der Waals surface area contributed by atoms with E-state index in [-0.39, 0.29) is 24.4 Å². The second-order valence-electron chi connectivity index (χ2n) is 7.14. The zero-order valence-electron chi connectivity index (χ0n) is 15.8. The molecule has 2 heterocycles. The number of carbonyl (C=O) groups excluding carboxylic acids is 1. The highest BCUT2D eigenvalue weighted by molar-refractivity contribution is 7.21. The smallest absolute Gasteiger partial charge is 0.262 e. The molecule has 1 fully saturated rings. The van der Waals surface area contributed by atoms with Crippen molar-refractivity contribution in [3.05, 3.63) is 70.4 Å². The lowest BCUT2D eigenvalue weighted by Gasteiger charge is -2.17. The van der Waals surface area contributed by atoms with Crippen LogP contribution in [-0.4, -0.2) is 37.0 Å². The minimum atomic E-state index is -0.310. The summed E-state index contributed by atoms with van der Waals surface area (Å²) in [5.41, 5.74) is 1.91. The molecule has 1 N–H and O–H groups in total. The summed E-state index contributed by atoms with van der Waals surface area (Å²) in [4.78, 5) is 15.8. The van der Waals surface area contributed by atoms with Gasteiger partial charge in [0.15, 0.2) is 0 Å². The lowest BCUT2D eigenvalue weighted by Crippen LogP contribution is -2.37. The van der Waals surface area contributed by atoms with Crippen molar-refractivity contribution in [3.63, 3.8) is 0 Å². The van der Waals surface area contributed by atoms with Crippen LogP contribution in [0.2, 0.25) is 0 Å². The zero-order valence-corrected chi connectivity index (χ0v) is 16.6. The van der Waals surface area contributed by atoms with Crippen molar-refractivity contribution in [2.24, 2.45) is 0 Å². The molecule has 1 aliphatic heterocycles. The fraction of sp³-hybridized carbons (Fsp3) is 0.318. The summed E-state index contributed by atoms with van der Waals surface area (Å²) in [6.07, 6.45) is 0.914. The molecule has 4 nitrogen and oxygen atoms in total. The lowest BCUT2D eigenvalue weighted by molar-refractivity contribution is 0.0937. The summed E-state index contributed by atoms with van der Waals surface area (Å²) in [7, 11) is 1.56. The van der Waals surface area contributed by atoms with E-state index in [0.29, 0.717) is 15.8 Å². The van der Waals surface area contributed by atoms with Crippen LogP contribution in [0, 0.1) is 5.82 Å². The maximum atomic E-state index is 14.3. The summed E-state index contributed by atoms with van der Waals surface area (Å²) in [6.45, 7) is 2.87. The van der Waals surface area contributed by atoms with Gasteiger partial charge in [0, 0.05) is 48.4 Å². The molecule has 1 saturated heterocycles. The summed E-state index contributed by atoms with van der Waals surface area (Å²) >= 11 is 1.33. The number of nitrogens with zero attached hydrogens (tertiary/aromatic N) is 1. The Morgan fingerprint density at radius 2 is 2.07 bits per heavy atom. The molecule has 4 rings (SSSR count). The van der Waals surface area contributed by atoms with E-state index in [1.165, 1.54) is 23.0 Å². The number of likely N-dealkylation sites (tertiary alicyclic amines) is 1. The van der Waals surface area contributed by atoms with Crippen molar-refractivity contribution in [1.29, 1.82) is 0 Å². The van der Waals surface area contributed by atoms with Gasteiger partial charge in [-0.05, 0) is 24.1 Å². The summed E-state index contributed by atoms with van der Waals surface area (Å²) < 4.78 is 20.3. The van der Waals surface area contributed by atoms with Crippen LogP contribution in [0.15, 0.2) is 48.5 Å². The van der Waals surface area contributed by atoms with Crippen molar-refractivity contribution < 1.29 is 13.9 Å². The standard InChI is InChI=1S/C22H23FN2O2S/c1-27-14-17-20-18(23)8-5-9-19(20)28-21(17)22(26)24-16-10-11-25(13-16)12-15-6-3-2-4-7-15/h2-9,16H,10-14H2,1H3,(H,24,26)/t16-/m1/s1. The Balaban J connectivity index is 1.47. The molecule has 0 bridgehead atoms. The Kier molecular flexibility index (Phi) is 5.71. The van der Waals surface area contributed by atoms with Crippen LogP contribution in [0.5, 0.6) is 0 Å². The number of methoxy groups -OCH3 is 1. The number of fused-ring (bicyclic) bond motifs is 1. The number of hydrogen-bond acceptors (Lipinski definition) is 4. The van der Waals surface area contributed by atoms with Gasteiger partial charge in [-0.3, -0.25) is 9.69 Å². The normalized spacial score (nSPS) is 17.3. The highest BCUT2D eigenvalue weighted by atomic mass is 32.1. The predicted molar refractivity (Wildman–Crippen MR) is 110 cm³/mol. The number of halogens is 1. The summed E-state index contributed by atoms with van der Waals surface area (Å²) in [5.74, 6) is -0.450. The van der Waals surface area contributed by atoms with Crippen molar-refractivity contribution in [2.45, 2.75) is 25.6 Å². The van der Waals surface area contributed by atoms with Gasteiger partial charge in [0.2, 0.25) is 0 Å². The van der Waals surface area contributed by atoms with E-state index in [9.17, 15) is 9.18 Å². The molecule has 1 aromatic heterocycles. The average molecular weight is 399 g/mol. The first-order valence-corrected chi connectivity index (χ1v) is 10.2. The van der Waals surface area contributed by atoms with Gasteiger partial charge in [-0.15, -0.1) is 11.3 Å². The third kappa shape index (κ3) is 3.94. The minimum absolute atomic E-state index is 0.0988. The van der Waals surface area contributed by atoms with Gasteiger partial charge in [0.25, 0.3) is 5.91 Å². The van der Waals surface area contributed by atoms with E-state index in [2.05, 4.69) is 22.3 Å². The van der Waals surface area contributed by atoms with Crippen molar-refractivity contribution in [2.75, 3.05) is 20.2 Å². The number of hydrogen-bond donors (Lipinski definition) is 1. The van der Waals surface area contributed by atoms with Crippen molar-refractivity contribution in [3.8, 4) is 0 Å². The average Bonchev–Trinajstić information content (AvgIpc) is 3.28. The molecule has 28 heavy (non-hydrogen) atoms. The molecule has 1 aliphatic rings. The molecule has 0 unspecified atom stereocenters. The molecule has 2 aromatic carbocycles. The number of carbonyl (C=O) groups is 1. The highest BCUT2D eigenvalue weighted by Gasteiger charge is 2.27. The fourth-order valence-corrected chi connectivity index (χ4v) is 4.94. The van der Waals surface area contributed by atoms with E-state index in [1.807, 2.05) is 24.3 Å². The van der Waals surface area contributed by atoms with Crippen LogP contribution in [0.4, 0.5) is 4.39 Å². The Morgan fingerprint density at radius 1 is 1.25 bits per heavy atom. The number of ether oxygens (including phenoxy) is 1. The number of nitrogens with one attached hydrogen (secondary N) is 1. The van der Waals surface area contributed by atoms with Crippen LogP contribution in [0.1, 0.15) is 27.2 Å². The molecule has 3 aromatic rings. The maximum Gasteiger partial charge on any atom is 0.262 e. The van der Waals surface area contributed by atoms with E-state index in [0.717, 1.165) is 30.8 Å². The van der Waals surface area contributed by atoms with E-state index < -0.39 is 0 Å². The first-order chi connectivity index (χ1) is 13.7. The largest absolute Gasteiger partial charge is 0.380 e. The third-order valence-corrected chi connectivity index (χ3v) is 6.31. The monoisotopic (exact) mass is 398 g/mol. The number of amides is 1. The molecule has 1 atom stereocenters. The predicted octanol–water partition coefficient (Wildman–Crippen LogP) is 4.19. The van der Waals surface area contributed by atoms with Gasteiger partial charge in [-0.25, -0.2) is 4.39 Å². The van der Waals surface area contributed by atoms with Gasteiger partial charge in [-0.2, -0.15) is 0 Å². The highest BCUT2D eigenvalue weighted by Crippen LogP contribution is 2.34. The minimum Gasteiger partial charge on any atom is -0.380 e. The maximum absolute atomic E-state index is 14.3. The second kappa shape index (κ2) is 8.39. The molecule has 0 saturated carbocycles. The third-order valence-electron chi connectivity index (χ3n) is 5.11. The van der Waals surface area contributed by atoms with Crippen LogP contribution in [0.3, 0.4) is 0 Å². The molecular weight excluding hydrogens is 375 g/mol. The zero-order chi connectivity index (χ0) is 19.5. The second-order valence-corrected chi connectivity index (χ2v) is 8.19. The van der Waals surface area contributed by atoms with Crippen LogP contribution in [-0.2, 0) is 17.9 Å². The number of thiophene rings is 1. The first-order valence-electron chi connectivity index (χ1n) is 9.41. The Labute approximate surface area is 167 Å². The van der Waals surface area contributed by atoms with Crippen molar-refractivity contribution in [1.82, 2.24) is 10.2 Å². The molecule has 0 aliphatic carbocycles. The Bertz CT molecular complexity index is 973. The van der Waals surface area contributed by atoms with Gasteiger partial charge in [-0.1, -0.05) is 36.4 Å². The molecule has 146 valence electrons. The molecule has 6 heteroatoms. The fourth-order valence-electron chi connectivity index (χ4n) is 3.82. The van der Waals surface area contributed by atoms with E-state index in [4.69, 9.17) is 4.74 Å². The molecule has 0 spiro atoms. The van der Waals surface area contributed by atoms with Gasteiger partial charge in [0.1, 0.15) is 5.82 Å². The molecule has 1 amide bonds. The molecule has 0 radical (unpaired) electrons. The van der Waals surface area contributed by atoms with E-state index in [1.54, 1.807) is 13.2 Å². The first kappa shape index (κ1) is 19.1. The number of benzene rings is 2. The summed E-state index contributed by atoms with van der Waals surface area (Å²) in [5, 5.41) is 3.64. The van der Waals surface area contributed by atoms with Crippen LogP contribution in [0.25, 0.3) is 10.1 Å².